The molecule has 18 heavy (non-hydrogen) atoms. The normalized spacial score (nSPS) is 19.9. The second-order valence-corrected chi connectivity index (χ2v) is 4.93. The predicted molar refractivity (Wildman–Crippen MR) is 74.2 cm³/mol. The van der Waals surface area contributed by atoms with Crippen LogP contribution in [0.3, 0.4) is 0 Å². The molecule has 0 radical (unpaired) electrons. The van der Waals surface area contributed by atoms with E-state index >= 15 is 0 Å². The summed E-state index contributed by atoms with van der Waals surface area (Å²) in [6, 6.07) is 4.83. The van der Waals surface area contributed by atoms with Crippen LogP contribution in [0.25, 0.3) is 5.52 Å². The highest BCUT2D eigenvalue weighted by atomic mass is 15.2. The first-order chi connectivity index (χ1) is 8.81. The molecule has 1 N–H and O–H groups in total. The summed E-state index contributed by atoms with van der Waals surface area (Å²) in [5, 5.41) is 3.36. The van der Waals surface area contributed by atoms with E-state index in [2.05, 4.69) is 46.1 Å². The molecule has 0 saturated carbocycles. The highest BCUT2D eigenvalue weighted by Crippen LogP contribution is 2.24. The van der Waals surface area contributed by atoms with Crippen LogP contribution < -0.4 is 10.2 Å². The van der Waals surface area contributed by atoms with Gasteiger partial charge in [0.05, 0.1) is 11.2 Å². The molecule has 2 aromatic rings. The Morgan fingerprint density at radius 1 is 1.50 bits per heavy atom. The van der Waals surface area contributed by atoms with Crippen molar-refractivity contribution in [2.45, 2.75) is 25.8 Å². The average Bonchev–Trinajstić information content (AvgIpc) is 3.05. The van der Waals surface area contributed by atoms with Gasteiger partial charge in [-0.15, -0.1) is 0 Å². The van der Waals surface area contributed by atoms with Crippen molar-refractivity contribution in [3.63, 3.8) is 0 Å². The summed E-state index contributed by atoms with van der Waals surface area (Å²) >= 11 is 0. The molecule has 1 saturated heterocycles. The topological polar surface area (TPSA) is 32.6 Å². The summed E-state index contributed by atoms with van der Waals surface area (Å²) in [5.41, 5.74) is 2.37. The lowest BCUT2D eigenvalue weighted by Gasteiger charge is -2.19. The van der Waals surface area contributed by atoms with Crippen LogP contribution in [0.4, 0.5) is 5.82 Å². The van der Waals surface area contributed by atoms with Gasteiger partial charge in [-0.1, -0.05) is 6.92 Å². The first kappa shape index (κ1) is 11.5. The Bertz CT molecular complexity index is 546. The Kier molecular flexibility index (Phi) is 2.96. The van der Waals surface area contributed by atoms with E-state index in [0.717, 1.165) is 31.0 Å². The van der Waals surface area contributed by atoms with Gasteiger partial charge in [-0.3, -0.25) is 0 Å². The van der Waals surface area contributed by atoms with Crippen LogP contribution in [0.2, 0.25) is 0 Å². The van der Waals surface area contributed by atoms with Gasteiger partial charge in [0, 0.05) is 31.5 Å². The van der Waals surface area contributed by atoms with Gasteiger partial charge >= 0.3 is 0 Å². The molecule has 1 atom stereocenters. The van der Waals surface area contributed by atoms with Gasteiger partial charge in [0.1, 0.15) is 0 Å². The zero-order valence-electron chi connectivity index (χ0n) is 11.1. The number of hydrogen-bond acceptors (Lipinski definition) is 3. The van der Waals surface area contributed by atoms with Crippen LogP contribution in [0.5, 0.6) is 0 Å². The molecule has 3 heterocycles. The maximum atomic E-state index is 4.82. The molecule has 1 aliphatic heterocycles. The monoisotopic (exact) mass is 244 g/mol. The van der Waals surface area contributed by atoms with Crippen molar-refractivity contribution in [2.75, 3.05) is 25.0 Å². The Morgan fingerprint density at radius 3 is 3.11 bits per heavy atom. The number of aromatic nitrogens is 2. The predicted octanol–water partition coefficient (Wildman–Crippen LogP) is 1.69. The molecule has 0 amide bonds. The minimum absolute atomic E-state index is 0.590. The maximum absolute atomic E-state index is 4.82. The highest BCUT2D eigenvalue weighted by molar-refractivity contribution is 5.70. The number of hydrogen-bond donors (Lipinski definition) is 1. The van der Waals surface area contributed by atoms with Crippen molar-refractivity contribution in [2.24, 2.45) is 0 Å². The smallest absolute Gasteiger partial charge is 0.153 e. The van der Waals surface area contributed by atoms with Crippen molar-refractivity contribution in [1.29, 1.82) is 0 Å². The molecule has 1 aliphatic rings. The second-order valence-electron chi connectivity index (χ2n) is 4.93. The summed E-state index contributed by atoms with van der Waals surface area (Å²) in [7, 11) is 2.04. The van der Waals surface area contributed by atoms with E-state index in [-0.39, 0.29) is 0 Å². The Hall–Kier alpha value is -1.55. The number of aryl methyl sites for hydroxylation is 1. The lowest BCUT2D eigenvalue weighted by Crippen LogP contribution is -2.30. The molecule has 1 unspecified atom stereocenters. The summed E-state index contributed by atoms with van der Waals surface area (Å²) in [4.78, 5) is 7.22. The number of anilines is 1. The summed E-state index contributed by atoms with van der Waals surface area (Å²) in [6.07, 6.45) is 6.40. The Balaban J connectivity index is 2.02. The zero-order valence-corrected chi connectivity index (χ0v) is 11.1. The second kappa shape index (κ2) is 4.61. The summed E-state index contributed by atoms with van der Waals surface area (Å²) < 4.78 is 2.19. The lowest BCUT2D eigenvalue weighted by molar-refractivity contribution is 0.616. The fraction of sp³-hybridized carbons (Fsp3) is 0.500. The molecule has 0 spiro atoms. The van der Waals surface area contributed by atoms with E-state index < -0.39 is 0 Å². The first-order valence-corrected chi connectivity index (χ1v) is 6.70. The van der Waals surface area contributed by atoms with Gasteiger partial charge in [-0.25, -0.2) is 4.98 Å². The van der Waals surface area contributed by atoms with E-state index in [9.17, 15) is 0 Å². The van der Waals surface area contributed by atoms with Gasteiger partial charge < -0.3 is 14.6 Å². The van der Waals surface area contributed by atoms with Crippen LogP contribution >= 0.6 is 0 Å². The summed E-state index contributed by atoms with van der Waals surface area (Å²) in [6.45, 7) is 4.30. The molecule has 4 nitrogen and oxygen atoms in total. The van der Waals surface area contributed by atoms with E-state index in [1.54, 1.807) is 0 Å². The number of rotatable bonds is 3. The minimum atomic E-state index is 0.590. The Morgan fingerprint density at radius 2 is 2.39 bits per heavy atom. The van der Waals surface area contributed by atoms with Crippen molar-refractivity contribution in [1.82, 2.24) is 14.7 Å². The van der Waals surface area contributed by atoms with Gasteiger partial charge in [0.2, 0.25) is 0 Å². The number of fused-ring (bicyclic) bond motifs is 1. The van der Waals surface area contributed by atoms with Gasteiger partial charge in [0.25, 0.3) is 0 Å². The van der Waals surface area contributed by atoms with E-state index in [0.29, 0.717) is 6.04 Å². The average molecular weight is 244 g/mol. The molecule has 96 valence electrons. The van der Waals surface area contributed by atoms with Crippen LogP contribution in [0.1, 0.15) is 19.0 Å². The van der Waals surface area contributed by atoms with Gasteiger partial charge in [-0.2, -0.15) is 0 Å². The zero-order chi connectivity index (χ0) is 12.5. The van der Waals surface area contributed by atoms with E-state index in [4.69, 9.17) is 4.98 Å². The largest absolute Gasteiger partial charge is 0.353 e. The molecule has 0 aliphatic carbocycles. The molecule has 3 rings (SSSR count). The van der Waals surface area contributed by atoms with E-state index in [1.807, 2.05) is 7.05 Å². The van der Waals surface area contributed by atoms with Crippen LogP contribution in [0.15, 0.2) is 24.5 Å². The third-order valence-corrected chi connectivity index (χ3v) is 3.80. The molecule has 0 aromatic carbocycles. The molecule has 0 bridgehead atoms. The summed E-state index contributed by atoms with van der Waals surface area (Å²) in [5.74, 6) is 1.14. The lowest BCUT2D eigenvalue weighted by atomic mass is 10.3. The standard InChI is InChI=1S/C14H20N4/c1-3-11-9-17-7-4-5-13(17)14(16-11)18-8-6-12(10-18)15-2/h4-5,7,9,12,15H,3,6,8,10H2,1-2H3. The molecular formula is C14H20N4. The minimum Gasteiger partial charge on any atom is -0.353 e. The Labute approximate surface area is 108 Å². The van der Waals surface area contributed by atoms with Crippen molar-refractivity contribution < 1.29 is 0 Å². The molecule has 1 fully saturated rings. The quantitative estimate of drug-likeness (QED) is 0.892. The highest BCUT2D eigenvalue weighted by Gasteiger charge is 2.23. The van der Waals surface area contributed by atoms with Crippen LogP contribution in [0, 0.1) is 0 Å². The first-order valence-electron chi connectivity index (χ1n) is 6.70. The van der Waals surface area contributed by atoms with Crippen LogP contribution in [-0.2, 0) is 6.42 Å². The van der Waals surface area contributed by atoms with E-state index in [1.165, 1.54) is 11.9 Å². The number of nitrogens with zero attached hydrogens (tertiary/aromatic N) is 3. The molecule has 2 aromatic heterocycles. The van der Waals surface area contributed by atoms with Crippen LogP contribution in [-0.4, -0.2) is 35.6 Å². The fourth-order valence-corrected chi connectivity index (χ4v) is 2.67. The maximum Gasteiger partial charge on any atom is 0.153 e. The van der Waals surface area contributed by atoms with Crippen molar-refractivity contribution >= 4 is 11.3 Å². The van der Waals surface area contributed by atoms with Gasteiger partial charge in [0.15, 0.2) is 5.82 Å². The van der Waals surface area contributed by atoms with Crippen molar-refractivity contribution in [3.8, 4) is 0 Å². The molecule has 4 heteroatoms. The molecular weight excluding hydrogens is 224 g/mol. The van der Waals surface area contributed by atoms with Crippen molar-refractivity contribution in [3.05, 3.63) is 30.2 Å². The SMILES string of the molecule is CCc1cn2cccc2c(N2CCC(NC)C2)n1. The fourth-order valence-electron chi connectivity index (χ4n) is 2.67. The van der Waals surface area contributed by atoms with Gasteiger partial charge in [-0.05, 0) is 32.0 Å². The third-order valence-electron chi connectivity index (χ3n) is 3.80. The number of nitrogens with one attached hydrogen (secondary N) is 1. The number of likely N-dealkylation sites (N-methyl/N-ethyl adjacent to an activating group) is 1. The third kappa shape index (κ3) is 1.86.